The van der Waals surface area contributed by atoms with Gasteiger partial charge in [0.25, 0.3) is 5.56 Å². The Morgan fingerprint density at radius 3 is 3.00 bits per heavy atom. The minimum Gasteiger partial charge on any atom is -0.282 e. The maximum absolute atomic E-state index is 13.5. The first kappa shape index (κ1) is 10.4. The predicted octanol–water partition coefficient (Wildman–Crippen LogP) is 0.511. The van der Waals surface area contributed by atoms with Crippen LogP contribution < -0.4 is 14.9 Å². The van der Waals surface area contributed by atoms with Crippen molar-refractivity contribution in [2.75, 3.05) is 6.54 Å². The van der Waals surface area contributed by atoms with Gasteiger partial charge in [-0.25, -0.2) is 4.39 Å². The molecular formula is C12H9FN2OS. The third kappa shape index (κ3) is 1.72. The SMILES string of the molecule is O=c1c(=Cc2ccccc2F)sc2n1CCN=2. The Labute approximate surface area is 100 Å². The summed E-state index contributed by atoms with van der Waals surface area (Å²) in [6.45, 7) is 1.30. The lowest BCUT2D eigenvalue weighted by atomic mass is 10.2. The number of halogens is 1. The number of hydrogen-bond donors (Lipinski definition) is 0. The Bertz CT molecular complexity index is 745. The summed E-state index contributed by atoms with van der Waals surface area (Å²) in [6.07, 6.45) is 1.59. The maximum Gasteiger partial charge on any atom is 0.270 e. The summed E-state index contributed by atoms with van der Waals surface area (Å²) in [5.41, 5.74) is 0.361. The molecule has 1 aromatic carbocycles. The first-order chi connectivity index (χ1) is 8.25. The van der Waals surface area contributed by atoms with E-state index >= 15 is 0 Å². The van der Waals surface area contributed by atoms with Crippen LogP contribution in [0.1, 0.15) is 5.56 Å². The molecule has 0 N–H and O–H groups in total. The van der Waals surface area contributed by atoms with Crippen LogP contribution in [0.3, 0.4) is 0 Å². The number of hydrogen-bond acceptors (Lipinski definition) is 3. The van der Waals surface area contributed by atoms with Crippen LogP contribution in [0.5, 0.6) is 0 Å². The van der Waals surface area contributed by atoms with Gasteiger partial charge in [-0.3, -0.25) is 14.4 Å². The Balaban J connectivity index is 2.24. The van der Waals surface area contributed by atoms with Gasteiger partial charge < -0.3 is 0 Å². The molecule has 0 bridgehead atoms. The van der Waals surface area contributed by atoms with Gasteiger partial charge in [-0.15, -0.1) is 0 Å². The third-order valence-electron chi connectivity index (χ3n) is 2.65. The van der Waals surface area contributed by atoms with Crippen LogP contribution in [0.4, 0.5) is 4.39 Å². The Morgan fingerprint density at radius 1 is 1.41 bits per heavy atom. The number of aromatic nitrogens is 1. The van der Waals surface area contributed by atoms with Gasteiger partial charge in [0.15, 0.2) is 4.80 Å². The zero-order valence-electron chi connectivity index (χ0n) is 8.89. The molecule has 5 heteroatoms. The van der Waals surface area contributed by atoms with Crippen molar-refractivity contribution in [2.24, 2.45) is 4.99 Å². The highest BCUT2D eigenvalue weighted by atomic mass is 32.1. The number of rotatable bonds is 1. The molecule has 0 saturated carbocycles. The van der Waals surface area contributed by atoms with Crippen LogP contribution in [0.2, 0.25) is 0 Å². The molecule has 0 spiro atoms. The molecule has 3 rings (SSSR count). The van der Waals surface area contributed by atoms with Crippen LogP contribution in [-0.4, -0.2) is 11.1 Å². The van der Waals surface area contributed by atoms with Crippen LogP contribution in [0.15, 0.2) is 34.1 Å². The lowest BCUT2D eigenvalue weighted by Crippen LogP contribution is -2.29. The van der Waals surface area contributed by atoms with E-state index in [0.29, 0.717) is 23.2 Å². The third-order valence-corrected chi connectivity index (χ3v) is 3.70. The molecule has 0 radical (unpaired) electrons. The molecule has 0 fully saturated rings. The molecule has 2 heterocycles. The van der Waals surface area contributed by atoms with Crippen LogP contribution in [0.25, 0.3) is 6.08 Å². The van der Waals surface area contributed by atoms with Crippen molar-refractivity contribution >= 4 is 17.4 Å². The molecule has 86 valence electrons. The summed E-state index contributed by atoms with van der Waals surface area (Å²) < 4.78 is 15.6. The monoisotopic (exact) mass is 248 g/mol. The van der Waals surface area contributed by atoms with Crippen molar-refractivity contribution in [3.63, 3.8) is 0 Å². The number of thiazole rings is 1. The van der Waals surface area contributed by atoms with E-state index in [0.717, 1.165) is 4.80 Å². The molecule has 1 aliphatic rings. The topological polar surface area (TPSA) is 34.4 Å². The standard InChI is InChI=1S/C12H9FN2OS/c13-9-4-2-1-3-8(9)7-10-11(16)15-6-5-14-12(15)17-10/h1-4,7H,5-6H2. The molecule has 0 amide bonds. The Hall–Kier alpha value is -1.75. The summed E-state index contributed by atoms with van der Waals surface area (Å²) in [5.74, 6) is -0.317. The van der Waals surface area contributed by atoms with Crippen molar-refractivity contribution < 1.29 is 4.39 Å². The van der Waals surface area contributed by atoms with E-state index in [1.165, 1.54) is 17.4 Å². The van der Waals surface area contributed by atoms with Gasteiger partial charge in [0.05, 0.1) is 11.1 Å². The predicted molar refractivity (Wildman–Crippen MR) is 64.2 cm³/mol. The number of nitrogens with zero attached hydrogens (tertiary/aromatic N) is 2. The fourth-order valence-corrected chi connectivity index (χ4v) is 2.82. The minimum absolute atomic E-state index is 0.0745. The highest BCUT2D eigenvalue weighted by Gasteiger charge is 2.09. The zero-order chi connectivity index (χ0) is 11.8. The van der Waals surface area contributed by atoms with Crippen molar-refractivity contribution in [1.82, 2.24) is 4.57 Å². The molecule has 17 heavy (non-hydrogen) atoms. The van der Waals surface area contributed by atoms with Crippen LogP contribution in [-0.2, 0) is 6.54 Å². The van der Waals surface area contributed by atoms with Gasteiger partial charge >= 0.3 is 0 Å². The first-order valence-corrected chi connectivity index (χ1v) is 6.08. The molecular weight excluding hydrogens is 239 g/mol. The van der Waals surface area contributed by atoms with E-state index in [4.69, 9.17) is 0 Å². The fourth-order valence-electron chi connectivity index (χ4n) is 1.80. The molecule has 1 aromatic heterocycles. The number of fused-ring (bicyclic) bond motifs is 1. The van der Waals surface area contributed by atoms with E-state index in [9.17, 15) is 9.18 Å². The number of benzene rings is 1. The van der Waals surface area contributed by atoms with Crippen molar-refractivity contribution in [3.05, 3.63) is 55.3 Å². The van der Waals surface area contributed by atoms with E-state index in [-0.39, 0.29) is 11.4 Å². The summed E-state index contributed by atoms with van der Waals surface area (Å²) in [7, 11) is 0. The molecule has 0 atom stereocenters. The second-order valence-electron chi connectivity index (χ2n) is 3.75. The molecule has 0 aliphatic carbocycles. The van der Waals surface area contributed by atoms with Crippen LogP contribution >= 0.6 is 11.3 Å². The molecule has 3 nitrogen and oxygen atoms in total. The lowest BCUT2D eigenvalue weighted by Gasteiger charge is -1.93. The highest BCUT2D eigenvalue weighted by Crippen LogP contribution is 2.06. The van der Waals surface area contributed by atoms with E-state index < -0.39 is 0 Å². The lowest BCUT2D eigenvalue weighted by molar-refractivity contribution is 0.625. The average molecular weight is 248 g/mol. The Kier molecular flexibility index (Phi) is 2.40. The summed E-state index contributed by atoms with van der Waals surface area (Å²) in [4.78, 5) is 16.9. The molecule has 0 unspecified atom stereocenters. The van der Waals surface area contributed by atoms with Crippen molar-refractivity contribution in [1.29, 1.82) is 0 Å². The zero-order valence-corrected chi connectivity index (χ0v) is 9.71. The van der Waals surface area contributed by atoms with E-state index in [1.54, 1.807) is 28.8 Å². The van der Waals surface area contributed by atoms with Gasteiger partial charge in [0.2, 0.25) is 0 Å². The van der Waals surface area contributed by atoms with Gasteiger partial charge in [0.1, 0.15) is 5.82 Å². The van der Waals surface area contributed by atoms with E-state index in [2.05, 4.69) is 4.99 Å². The van der Waals surface area contributed by atoms with Gasteiger partial charge in [-0.2, -0.15) is 0 Å². The quantitative estimate of drug-likeness (QED) is 0.724. The molecule has 2 aromatic rings. The smallest absolute Gasteiger partial charge is 0.270 e. The van der Waals surface area contributed by atoms with Gasteiger partial charge in [-0.05, 0) is 12.1 Å². The maximum atomic E-state index is 13.5. The summed E-state index contributed by atoms with van der Waals surface area (Å²) in [6, 6.07) is 6.41. The second kappa shape index (κ2) is 3.92. The van der Waals surface area contributed by atoms with E-state index in [1.807, 2.05) is 0 Å². The summed E-state index contributed by atoms with van der Waals surface area (Å²) in [5, 5.41) is 0. The summed E-state index contributed by atoms with van der Waals surface area (Å²) >= 11 is 1.31. The molecule has 1 aliphatic heterocycles. The average Bonchev–Trinajstić information content (AvgIpc) is 2.87. The minimum atomic E-state index is -0.317. The largest absolute Gasteiger partial charge is 0.282 e. The fraction of sp³-hybridized carbons (Fsp3) is 0.167. The van der Waals surface area contributed by atoms with Gasteiger partial charge in [0, 0.05) is 12.1 Å². The Morgan fingerprint density at radius 2 is 2.24 bits per heavy atom. The molecule has 0 saturated heterocycles. The van der Waals surface area contributed by atoms with Crippen molar-refractivity contribution in [2.45, 2.75) is 6.54 Å². The highest BCUT2D eigenvalue weighted by molar-refractivity contribution is 7.07. The van der Waals surface area contributed by atoms with Crippen molar-refractivity contribution in [3.8, 4) is 0 Å². The second-order valence-corrected chi connectivity index (χ2v) is 4.76. The first-order valence-electron chi connectivity index (χ1n) is 5.26. The van der Waals surface area contributed by atoms with Crippen LogP contribution in [0, 0.1) is 5.82 Å². The normalized spacial score (nSPS) is 14.8. The van der Waals surface area contributed by atoms with Gasteiger partial charge in [-0.1, -0.05) is 29.5 Å².